The fourth-order valence-corrected chi connectivity index (χ4v) is 7.80. The van der Waals surface area contributed by atoms with Gasteiger partial charge in [0.2, 0.25) is 10.0 Å². The molecule has 1 aliphatic rings. The van der Waals surface area contributed by atoms with Gasteiger partial charge in [0, 0.05) is 40.1 Å². The van der Waals surface area contributed by atoms with Crippen LogP contribution in [0.5, 0.6) is 0 Å². The first-order valence-electron chi connectivity index (χ1n) is 12.4. The van der Waals surface area contributed by atoms with Gasteiger partial charge in [-0.1, -0.05) is 17.4 Å². The molecule has 11 nitrogen and oxygen atoms in total. The third kappa shape index (κ3) is 5.86. The highest BCUT2D eigenvalue weighted by Crippen LogP contribution is 2.38. The predicted octanol–water partition coefficient (Wildman–Crippen LogP) is 4.13. The number of benzene rings is 1. The van der Waals surface area contributed by atoms with Crippen LogP contribution in [0.25, 0.3) is 27.5 Å². The molecule has 0 spiro atoms. The second-order valence-electron chi connectivity index (χ2n) is 10.3. The third-order valence-electron chi connectivity index (χ3n) is 6.73. The molecule has 3 aromatic heterocycles. The van der Waals surface area contributed by atoms with Crippen molar-refractivity contribution < 1.29 is 21.4 Å². The van der Waals surface area contributed by atoms with Crippen LogP contribution in [0, 0.1) is 16.1 Å². The number of sulfonamides is 1. The molecule has 1 fully saturated rings. The van der Waals surface area contributed by atoms with E-state index in [1.54, 1.807) is 21.0 Å². The third-order valence-corrected chi connectivity index (χ3v) is 11.0. The summed E-state index contributed by atoms with van der Waals surface area (Å²) in [6, 6.07) is 7.92. The molecule has 216 valence electrons. The highest BCUT2D eigenvalue weighted by Gasteiger charge is 2.41. The Labute approximate surface area is 239 Å². The van der Waals surface area contributed by atoms with Gasteiger partial charge in [0.05, 0.1) is 38.0 Å². The van der Waals surface area contributed by atoms with Crippen LogP contribution >= 0.6 is 11.3 Å². The standard InChI is InChI=1S/C25H26F2N8O3S3/c1-25(6-7-25)33-41(37,38)17-11-19(18-5-4-16(10-15(18)12-28)40(29,36)9-8-34(2)3)20-13-30-22(35(20)14-17)24-32-31-23(39-24)21(26)27/h4-5,10-11,13-14,21,29,33H,6-9H2,1-3H3. The Morgan fingerprint density at radius 3 is 2.54 bits per heavy atom. The van der Waals surface area contributed by atoms with Gasteiger partial charge < -0.3 is 4.90 Å². The van der Waals surface area contributed by atoms with Crippen molar-refractivity contribution in [3.05, 3.63) is 47.2 Å². The quantitative estimate of drug-likeness (QED) is 0.268. The zero-order valence-corrected chi connectivity index (χ0v) is 24.7. The van der Waals surface area contributed by atoms with Crippen LogP contribution in [0.1, 0.15) is 36.8 Å². The molecule has 4 aromatic rings. The highest BCUT2D eigenvalue weighted by molar-refractivity contribution is 7.92. The fourth-order valence-electron chi connectivity index (χ4n) is 4.16. The van der Waals surface area contributed by atoms with Crippen molar-refractivity contribution in [1.82, 2.24) is 29.2 Å². The van der Waals surface area contributed by atoms with Gasteiger partial charge in [-0.3, -0.25) is 4.40 Å². The van der Waals surface area contributed by atoms with Crippen molar-refractivity contribution in [2.75, 3.05) is 26.4 Å². The predicted molar refractivity (Wildman–Crippen MR) is 150 cm³/mol. The Morgan fingerprint density at radius 2 is 1.93 bits per heavy atom. The molecular formula is C25H26F2N8O3S3. The summed E-state index contributed by atoms with van der Waals surface area (Å²) in [7, 11) is -3.63. The van der Waals surface area contributed by atoms with Gasteiger partial charge in [-0.2, -0.15) is 5.26 Å². The zero-order valence-electron chi connectivity index (χ0n) is 22.3. The van der Waals surface area contributed by atoms with Crippen LogP contribution in [-0.4, -0.2) is 69.0 Å². The van der Waals surface area contributed by atoms with E-state index >= 15 is 0 Å². The van der Waals surface area contributed by atoms with E-state index < -0.39 is 36.7 Å². The maximum atomic E-state index is 13.4. The molecule has 1 aromatic carbocycles. The number of aromatic nitrogens is 4. The Kier molecular flexibility index (Phi) is 7.45. The number of hydrogen-bond acceptors (Lipinski definition) is 10. The minimum Gasteiger partial charge on any atom is -0.308 e. The second-order valence-corrected chi connectivity index (χ2v) is 15.3. The van der Waals surface area contributed by atoms with Gasteiger partial charge in [0.15, 0.2) is 15.8 Å². The van der Waals surface area contributed by atoms with Crippen LogP contribution in [0.4, 0.5) is 8.78 Å². The van der Waals surface area contributed by atoms with E-state index in [4.69, 9.17) is 4.78 Å². The average molecular weight is 621 g/mol. The first kappa shape index (κ1) is 29.1. The number of hydrogen-bond donors (Lipinski definition) is 2. The van der Waals surface area contributed by atoms with Crippen LogP contribution in [0.15, 0.2) is 46.5 Å². The van der Waals surface area contributed by atoms with E-state index in [1.165, 1.54) is 41.1 Å². The molecule has 1 aliphatic carbocycles. The molecule has 0 radical (unpaired) electrons. The average Bonchev–Trinajstić information content (AvgIpc) is 3.29. The maximum Gasteiger partial charge on any atom is 0.291 e. The minimum atomic E-state index is -4.04. The lowest BCUT2D eigenvalue weighted by Gasteiger charge is -2.16. The SMILES string of the molecule is CN(C)CCS(=N)(=O)c1ccc(-c2cc(S(=O)(=O)NC3(C)CC3)cn3c(-c4nnc(C(F)F)s4)ncc23)c(C#N)c1. The van der Waals surface area contributed by atoms with E-state index in [9.17, 15) is 26.7 Å². The first-order chi connectivity index (χ1) is 19.2. The molecule has 5 rings (SSSR count). The lowest BCUT2D eigenvalue weighted by molar-refractivity contribution is 0.150. The molecule has 1 unspecified atom stereocenters. The van der Waals surface area contributed by atoms with E-state index in [0.29, 0.717) is 47.4 Å². The normalized spacial score (nSPS) is 16.2. The van der Waals surface area contributed by atoms with Crippen LogP contribution in [0.3, 0.4) is 0 Å². The molecule has 3 heterocycles. The summed E-state index contributed by atoms with van der Waals surface area (Å²) < 4.78 is 79.0. The van der Waals surface area contributed by atoms with Gasteiger partial charge in [-0.15, -0.1) is 10.2 Å². The second kappa shape index (κ2) is 10.5. The van der Waals surface area contributed by atoms with E-state index in [0.717, 1.165) is 0 Å². The summed E-state index contributed by atoms with van der Waals surface area (Å²) in [5, 5.41) is 16.9. The van der Waals surface area contributed by atoms with Crippen molar-refractivity contribution in [1.29, 1.82) is 10.0 Å². The Morgan fingerprint density at radius 1 is 1.20 bits per heavy atom. The molecule has 2 N–H and O–H groups in total. The molecule has 0 amide bonds. The summed E-state index contributed by atoms with van der Waals surface area (Å²) >= 11 is 0.638. The molecule has 1 atom stereocenters. The maximum absolute atomic E-state index is 13.4. The number of pyridine rings is 1. The lowest BCUT2D eigenvalue weighted by atomic mass is 10.0. The summed E-state index contributed by atoms with van der Waals surface area (Å²) in [5.41, 5.74) is 0.547. The largest absolute Gasteiger partial charge is 0.308 e. The molecule has 16 heteroatoms. The summed E-state index contributed by atoms with van der Waals surface area (Å²) in [4.78, 5) is 6.20. The number of nitriles is 1. The van der Waals surface area contributed by atoms with Gasteiger partial charge in [-0.05, 0) is 52.1 Å². The summed E-state index contributed by atoms with van der Waals surface area (Å²) in [5.74, 6) is 0.175. The summed E-state index contributed by atoms with van der Waals surface area (Å²) in [6.45, 7) is 2.21. The van der Waals surface area contributed by atoms with E-state index in [-0.39, 0.29) is 31.9 Å². The van der Waals surface area contributed by atoms with Crippen molar-refractivity contribution in [3.8, 4) is 28.0 Å². The van der Waals surface area contributed by atoms with E-state index in [2.05, 4.69) is 26.0 Å². The monoisotopic (exact) mass is 620 g/mol. The number of imidazole rings is 1. The molecule has 0 bridgehead atoms. The molecule has 0 aliphatic heterocycles. The van der Waals surface area contributed by atoms with Gasteiger partial charge >= 0.3 is 0 Å². The van der Waals surface area contributed by atoms with Gasteiger partial charge in [0.1, 0.15) is 0 Å². The smallest absolute Gasteiger partial charge is 0.291 e. The lowest BCUT2D eigenvalue weighted by Crippen LogP contribution is -2.34. The first-order valence-corrected chi connectivity index (χ1v) is 16.4. The Hall–Kier alpha value is -3.36. The highest BCUT2D eigenvalue weighted by atomic mass is 32.2. The van der Waals surface area contributed by atoms with Crippen molar-refractivity contribution in [3.63, 3.8) is 0 Å². The zero-order chi connectivity index (χ0) is 29.7. The number of nitrogens with zero attached hydrogens (tertiary/aromatic N) is 6. The summed E-state index contributed by atoms with van der Waals surface area (Å²) in [6.07, 6.45) is 1.29. The van der Waals surface area contributed by atoms with Crippen molar-refractivity contribution >= 4 is 36.6 Å². The molecule has 41 heavy (non-hydrogen) atoms. The van der Waals surface area contributed by atoms with Crippen LogP contribution < -0.4 is 4.72 Å². The molecule has 0 saturated heterocycles. The van der Waals surface area contributed by atoms with Gasteiger partial charge in [-0.25, -0.2) is 35.9 Å². The molecular weight excluding hydrogens is 595 g/mol. The van der Waals surface area contributed by atoms with Crippen molar-refractivity contribution in [2.24, 2.45) is 0 Å². The van der Waals surface area contributed by atoms with Gasteiger partial charge in [0.25, 0.3) is 6.43 Å². The molecule has 1 saturated carbocycles. The number of alkyl halides is 2. The van der Waals surface area contributed by atoms with Crippen molar-refractivity contribution in [2.45, 2.75) is 41.5 Å². The topological polar surface area (TPSA) is 157 Å². The van der Waals surface area contributed by atoms with Crippen LogP contribution in [0.2, 0.25) is 0 Å². The van der Waals surface area contributed by atoms with E-state index in [1.807, 2.05) is 4.90 Å². The number of rotatable bonds is 10. The Balaban J connectivity index is 1.70. The number of fused-ring (bicyclic) bond motifs is 1. The minimum absolute atomic E-state index is 0.0635. The Bertz CT molecular complexity index is 1910. The number of nitrogens with one attached hydrogen (secondary N) is 2. The van der Waals surface area contributed by atoms with Crippen LogP contribution in [-0.2, 0) is 19.8 Å². The number of halogens is 2. The fraction of sp³-hybridized carbons (Fsp3) is 0.360.